The van der Waals surface area contributed by atoms with Gasteiger partial charge in [-0.3, -0.25) is 0 Å². The van der Waals surface area contributed by atoms with Crippen LogP contribution in [0.3, 0.4) is 0 Å². The summed E-state index contributed by atoms with van der Waals surface area (Å²) in [6.07, 6.45) is 1.80. The van der Waals surface area contributed by atoms with Gasteiger partial charge in [-0.15, -0.1) is 0 Å². The fraction of sp³-hybridized carbons (Fsp3) is 0.125. The second-order valence-electron chi connectivity index (χ2n) is 4.80. The van der Waals surface area contributed by atoms with Gasteiger partial charge in [-0.2, -0.15) is 5.10 Å². The van der Waals surface area contributed by atoms with Gasteiger partial charge in [0.1, 0.15) is 12.1 Å². The van der Waals surface area contributed by atoms with Crippen LogP contribution in [0.5, 0.6) is 0 Å². The van der Waals surface area contributed by atoms with Crippen LogP contribution in [-0.4, -0.2) is 21.7 Å². The number of pyridine rings is 1. The summed E-state index contributed by atoms with van der Waals surface area (Å²) in [5.41, 5.74) is 4.72. The van der Waals surface area contributed by atoms with E-state index in [4.69, 9.17) is 9.15 Å². The van der Waals surface area contributed by atoms with Crippen LogP contribution in [0.1, 0.15) is 5.89 Å². The number of nitrogens with zero attached hydrogens (tertiary/aromatic N) is 3. The van der Waals surface area contributed by atoms with Crippen LogP contribution in [-0.2, 0) is 11.3 Å². The Bertz CT molecular complexity index is 923. The summed E-state index contributed by atoms with van der Waals surface area (Å²) >= 11 is 0. The van der Waals surface area contributed by atoms with Crippen LogP contribution in [0.4, 0.5) is 0 Å². The van der Waals surface area contributed by atoms with Crippen LogP contribution < -0.4 is 0 Å². The van der Waals surface area contributed by atoms with Crippen LogP contribution >= 0.6 is 0 Å². The molecule has 0 N–H and O–H groups in total. The molecule has 21 heavy (non-hydrogen) atoms. The molecule has 0 radical (unpaired) electrons. The molecule has 0 saturated carbocycles. The molecule has 0 saturated heterocycles. The van der Waals surface area contributed by atoms with Gasteiger partial charge in [0, 0.05) is 12.7 Å². The van der Waals surface area contributed by atoms with Crippen molar-refractivity contribution in [2.45, 2.75) is 6.61 Å². The minimum atomic E-state index is 0.374. The van der Waals surface area contributed by atoms with E-state index >= 15 is 0 Å². The average molecular weight is 279 g/mol. The predicted octanol–water partition coefficient (Wildman–Crippen LogP) is 3.29. The fourth-order valence-corrected chi connectivity index (χ4v) is 2.49. The van der Waals surface area contributed by atoms with Crippen LogP contribution in [0.25, 0.3) is 27.9 Å². The van der Waals surface area contributed by atoms with Gasteiger partial charge in [0.05, 0.1) is 17.4 Å². The number of methoxy groups -OCH3 is 1. The molecule has 5 nitrogen and oxygen atoms in total. The first-order valence-corrected chi connectivity index (χ1v) is 6.67. The molecule has 3 heterocycles. The van der Waals surface area contributed by atoms with Crippen molar-refractivity contribution in [2.24, 2.45) is 0 Å². The Hall–Kier alpha value is -2.66. The Morgan fingerprint density at radius 2 is 2.14 bits per heavy atom. The molecule has 4 rings (SSSR count). The van der Waals surface area contributed by atoms with E-state index in [0.717, 1.165) is 27.9 Å². The molecule has 0 aliphatic carbocycles. The maximum atomic E-state index is 5.61. The minimum Gasteiger partial charge on any atom is -0.438 e. The van der Waals surface area contributed by atoms with Crippen molar-refractivity contribution in [1.29, 1.82) is 0 Å². The highest BCUT2D eigenvalue weighted by molar-refractivity contribution is 5.80. The molecule has 0 amide bonds. The second-order valence-corrected chi connectivity index (χ2v) is 4.80. The highest BCUT2D eigenvalue weighted by Crippen LogP contribution is 2.25. The lowest BCUT2D eigenvalue weighted by Crippen LogP contribution is -1.92. The van der Waals surface area contributed by atoms with E-state index in [1.54, 1.807) is 13.3 Å². The molecule has 0 unspecified atom stereocenters. The topological polar surface area (TPSA) is 52.6 Å². The number of oxazole rings is 1. The smallest absolute Gasteiger partial charge is 0.221 e. The van der Waals surface area contributed by atoms with Gasteiger partial charge in [-0.05, 0) is 36.4 Å². The van der Waals surface area contributed by atoms with Crippen molar-refractivity contribution in [3.05, 3.63) is 54.6 Å². The maximum Gasteiger partial charge on any atom is 0.221 e. The lowest BCUT2D eigenvalue weighted by atomic mass is 10.1. The highest BCUT2D eigenvalue weighted by Gasteiger charge is 2.09. The summed E-state index contributed by atoms with van der Waals surface area (Å²) in [6.45, 7) is 0.374. The Kier molecular flexibility index (Phi) is 2.72. The van der Waals surface area contributed by atoms with E-state index in [1.165, 1.54) is 0 Å². The molecule has 0 aliphatic rings. The van der Waals surface area contributed by atoms with Crippen molar-refractivity contribution >= 4 is 16.6 Å². The number of aromatic nitrogens is 3. The second kappa shape index (κ2) is 4.71. The van der Waals surface area contributed by atoms with Gasteiger partial charge in [0.25, 0.3) is 0 Å². The van der Waals surface area contributed by atoms with Crippen LogP contribution in [0.2, 0.25) is 0 Å². The first-order valence-electron chi connectivity index (χ1n) is 6.67. The van der Waals surface area contributed by atoms with Crippen molar-refractivity contribution in [3.63, 3.8) is 0 Å². The molecule has 0 bridgehead atoms. The molecule has 0 fully saturated rings. The van der Waals surface area contributed by atoms with Crippen LogP contribution in [0.15, 0.2) is 53.1 Å². The summed E-state index contributed by atoms with van der Waals surface area (Å²) in [5.74, 6) is 0.585. The van der Waals surface area contributed by atoms with Crippen molar-refractivity contribution in [3.8, 4) is 11.3 Å². The molecule has 3 aromatic heterocycles. The van der Waals surface area contributed by atoms with E-state index in [9.17, 15) is 0 Å². The summed E-state index contributed by atoms with van der Waals surface area (Å²) in [4.78, 5) is 4.44. The molecule has 4 aromatic rings. The van der Waals surface area contributed by atoms with Gasteiger partial charge < -0.3 is 9.15 Å². The molecule has 5 heteroatoms. The number of hydrogen-bond donors (Lipinski definition) is 0. The first kappa shape index (κ1) is 12.1. The summed E-state index contributed by atoms with van der Waals surface area (Å²) < 4.78 is 12.6. The van der Waals surface area contributed by atoms with E-state index < -0.39 is 0 Å². The lowest BCUT2D eigenvalue weighted by molar-refractivity contribution is 0.161. The zero-order chi connectivity index (χ0) is 14.2. The molecular formula is C16H13N3O2. The summed E-state index contributed by atoms with van der Waals surface area (Å²) in [5, 5.41) is 4.36. The van der Waals surface area contributed by atoms with Gasteiger partial charge in [0.15, 0.2) is 5.58 Å². The molecular weight excluding hydrogens is 266 g/mol. The zero-order valence-electron chi connectivity index (χ0n) is 11.5. The fourth-order valence-electron chi connectivity index (χ4n) is 2.49. The van der Waals surface area contributed by atoms with Crippen molar-refractivity contribution in [1.82, 2.24) is 14.6 Å². The molecule has 0 aliphatic heterocycles. The quantitative estimate of drug-likeness (QED) is 0.577. The maximum absolute atomic E-state index is 5.61. The number of hydrogen-bond acceptors (Lipinski definition) is 4. The first-order chi connectivity index (χ1) is 10.3. The van der Waals surface area contributed by atoms with E-state index in [0.29, 0.717) is 12.5 Å². The van der Waals surface area contributed by atoms with Gasteiger partial charge in [0.2, 0.25) is 5.89 Å². The molecule has 0 spiro atoms. The average Bonchev–Trinajstić information content (AvgIpc) is 3.12. The Balaban J connectivity index is 1.88. The number of benzene rings is 1. The predicted molar refractivity (Wildman–Crippen MR) is 78.9 cm³/mol. The van der Waals surface area contributed by atoms with E-state index in [2.05, 4.69) is 10.1 Å². The Morgan fingerprint density at radius 3 is 3.05 bits per heavy atom. The number of rotatable bonds is 3. The third kappa shape index (κ3) is 1.98. The van der Waals surface area contributed by atoms with E-state index in [1.807, 2.05) is 47.0 Å². The van der Waals surface area contributed by atoms with Gasteiger partial charge in [-0.1, -0.05) is 6.07 Å². The molecule has 104 valence electrons. The normalized spacial score (nSPS) is 11.5. The lowest BCUT2D eigenvalue weighted by Gasteiger charge is -2.04. The summed E-state index contributed by atoms with van der Waals surface area (Å²) in [6, 6.07) is 14.0. The summed E-state index contributed by atoms with van der Waals surface area (Å²) in [7, 11) is 1.62. The Morgan fingerprint density at radius 1 is 1.19 bits per heavy atom. The monoisotopic (exact) mass is 279 g/mol. The van der Waals surface area contributed by atoms with Gasteiger partial charge >= 0.3 is 0 Å². The zero-order valence-corrected chi connectivity index (χ0v) is 11.5. The standard InChI is InChI=1S/C16H13N3O2/c1-20-10-16-18-13-9-11(5-6-15(13)21-16)14-4-2-3-12-7-8-17-19(12)14/h2-9H,10H2,1H3. The number of ether oxygens (including phenoxy) is 1. The minimum absolute atomic E-state index is 0.374. The van der Waals surface area contributed by atoms with Crippen molar-refractivity contribution < 1.29 is 9.15 Å². The highest BCUT2D eigenvalue weighted by atomic mass is 16.5. The largest absolute Gasteiger partial charge is 0.438 e. The van der Waals surface area contributed by atoms with E-state index in [-0.39, 0.29) is 0 Å². The molecule has 1 aromatic carbocycles. The third-order valence-corrected chi connectivity index (χ3v) is 3.42. The Labute approximate surface area is 120 Å². The number of fused-ring (bicyclic) bond motifs is 2. The molecule has 0 atom stereocenters. The SMILES string of the molecule is COCc1nc2cc(-c3cccc4ccnn34)ccc2o1. The van der Waals surface area contributed by atoms with Gasteiger partial charge in [-0.25, -0.2) is 9.50 Å². The van der Waals surface area contributed by atoms with Crippen LogP contribution in [0, 0.1) is 0 Å². The third-order valence-electron chi connectivity index (χ3n) is 3.42. The van der Waals surface area contributed by atoms with Crippen molar-refractivity contribution in [2.75, 3.05) is 7.11 Å².